The van der Waals surface area contributed by atoms with E-state index < -0.39 is 41.4 Å². The van der Waals surface area contributed by atoms with E-state index in [1.807, 2.05) is 0 Å². The Labute approximate surface area is 456 Å². The van der Waals surface area contributed by atoms with E-state index in [0.29, 0.717) is 104 Å². The van der Waals surface area contributed by atoms with Crippen molar-refractivity contribution in [2.75, 3.05) is 58.4 Å². The van der Waals surface area contributed by atoms with Crippen LogP contribution in [0.2, 0.25) is 0 Å². The number of methoxy groups -OCH3 is 1. The second-order valence-corrected chi connectivity index (χ2v) is 20.7. The molecular formula is C56H67N11O12. The van der Waals surface area contributed by atoms with Crippen LogP contribution < -0.4 is 52.7 Å². The molecule has 1 saturated heterocycles. The number of urea groups is 1. The molecule has 5 heterocycles. The van der Waals surface area contributed by atoms with E-state index in [1.54, 1.807) is 60.7 Å². The number of piperidine rings is 1. The van der Waals surface area contributed by atoms with Crippen molar-refractivity contribution in [1.82, 2.24) is 45.2 Å². The number of nitrogens with one attached hydrogen (secondary N) is 4. The van der Waals surface area contributed by atoms with Gasteiger partial charge >= 0.3 is 12.1 Å². The Balaban J connectivity index is 0.889. The van der Waals surface area contributed by atoms with Crippen LogP contribution in [0.15, 0.2) is 59.0 Å². The van der Waals surface area contributed by atoms with Gasteiger partial charge in [0.15, 0.2) is 17.3 Å². The molecule has 8 rings (SSSR count). The number of primary amides is 1. The number of hydrogen-bond donors (Lipinski definition) is 5. The Hall–Kier alpha value is -8.44. The number of ether oxygens (including phenoxy) is 4. The van der Waals surface area contributed by atoms with Crippen LogP contribution in [0.5, 0.6) is 11.5 Å². The molecule has 1 spiro atoms. The molecule has 2 fully saturated rings. The van der Waals surface area contributed by atoms with Crippen molar-refractivity contribution in [3.05, 3.63) is 98.7 Å². The van der Waals surface area contributed by atoms with Gasteiger partial charge in [-0.05, 0) is 87.4 Å². The lowest BCUT2D eigenvalue weighted by Gasteiger charge is -2.44. The summed E-state index contributed by atoms with van der Waals surface area (Å²) in [4.78, 5) is 118. The Morgan fingerprint density at radius 3 is 2.43 bits per heavy atom. The Bertz CT molecular complexity index is 3110. The van der Waals surface area contributed by atoms with E-state index in [9.17, 15) is 38.4 Å². The molecule has 0 radical (unpaired) electrons. The molecule has 418 valence electrons. The van der Waals surface area contributed by atoms with Crippen molar-refractivity contribution in [2.24, 2.45) is 17.1 Å². The summed E-state index contributed by atoms with van der Waals surface area (Å²) >= 11 is 0. The van der Waals surface area contributed by atoms with Gasteiger partial charge in [-0.1, -0.05) is 26.3 Å². The molecule has 23 heteroatoms. The summed E-state index contributed by atoms with van der Waals surface area (Å²) in [6.07, 6.45) is 10.9. The van der Waals surface area contributed by atoms with Gasteiger partial charge in [-0.25, -0.2) is 14.6 Å². The first kappa shape index (κ1) is 56.8. The molecule has 3 aliphatic heterocycles. The lowest BCUT2D eigenvalue weighted by molar-refractivity contribution is -0.137. The second kappa shape index (κ2) is 25.4. The first-order valence-electron chi connectivity index (χ1n) is 26.7. The van der Waals surface area contributed by atoms with Gasteiger partial charge in [0.05, 0.1) is 42.8 Å². The largest absolute Gasteiger partial charge is 0.489 e. The lowest BCUT2D eigenvalue weighted by atomic mass is 9.86. The van der Waals surface area contributed by atoms with Crippen molar-refractivity contribution >= 4 is 59.2 Å². The second-order valence-electron chi connectivity index (χ2n) is 20.7. The molecule has 0 bridgehead atoms. The van der Waals surface area contributed by atoms with Gasteiger partial charge < -0.3 is 55.4 Å². The normalized spacial score (nSPS) is 17.7. The lowest BCUT2D eigenvalue weighted by Crippen LogP contribution is -2.62. The average Bonchev–Trinajstić information content (AvgIpc) is 4.36. The van der Waals surface area contributed by atoms with Crippen molar-refractivity contribution in [2.45, 2.75) is 116 Å². The quantitative estimate of drug-likeness (QED) is 0.0456. The predicted molar refractivity (Wildman–Crippen MR) is 284 cm³/mol. The van der Waals surface area contributed by atoms with Crippen molar-refractivity contribution in [3.8, 4) is 11.5 Å². The molecule has 5 aliphatic rings. The topological polar surface area (TPSA) is 288 Å². The third kappa shape index (κ3) is 14.2. The van der Waals surface area contributed by atoms with Crippen molar-refractivity contribution < 1.29 is 52.5 Å². The van der Waals surface area contributed by atoms with Crippen LogP contribution in [0.3, 0.4) is 0 Å². The fourth-order valence-corrected chi connectivity index (χ4v) is 10.0. The van der Waals surface area contributed by atoms with Gasteiger partial charge in [-0.15, -0.1) is 0 Å². The number of aromatic nitrogens is 3. The number of carbonyl (C=O) groups excluding carboxylic acids is 7. The molecule has 6 N–H and O–H groups in total. The maximum absolute atomic E-state index is 14.4. The highest BCUT2D eigenvalue weighted by atomic mass is 16.6. The number of amides is 8. The standard InChI is InChI=1S/C56H67N11O12/c1-36(2)55(3,63-47(68)10-6-5-7-23-66-48(69)17-18-49(66)70)52(73)62-42(9-8-22-58-53(57)74)51(72)61-38-13-11-37(12-14-38)34-79-54(75)67(33-39-29-44-45(31-59-39)78-28-27-77-44)46-19-24-64(35-56(46)20-21-56)25-26-65-43-30-40(76-4)15-16-41(43)60-32-50(65)71/h11,13,17-18,29-32,36,42,46H,5-10,19-28,33-35H2,1-4H3,(H,61,72)(H,62,73)(H,63,68)(H3,57,58,74). The maximum atomic E-state index is 14.4. The van der Waals surface area contributed by atoms with Crippen molar-refractivity contribution in [1.29, 1.82) is 0 Å². The number of imide groups is 1. The van der Waals surface area contributed by atoms with Crippen LogP contribution in [-0.2, 0) is 53.1 Å². The van der Waals surface area contributed by atoms with Gasteiger partial charge in [0.25, 0.3) is 17.4 Å². The number of pyridine rings is 1. The fraction of sp³-hybridized carbons (Fsp3) is 0.500. The monoisotopic (exact) mass is 1090 g/mol. The number of nitrogens with two attached hydrogens (primary N) is 1. The zero-order chi connectivity index (χ0) is 56.3. The number of nitrogens with zero attached hydrogens (tertiary/aromatic N) is 6. The molecule has 3 unspecified atom stereocenters. The van der Waals surface area contributed by atoms with Crippen LogP contribution in [0.25, 0.3) is 11.8 Å². The van der Waals surface area contributed by atoms with Crippen molar-refractivity contribution in [3.63, 3.8) is 0 Å². The van der Waals surface area contributed by atoms with Gasteiger partial charge in [0, 0.05) is 87.0 Å². The van der Waals surface area contributed by atoms with Crippen LogP contribution in [0.4, 0.5) is 15.3 Å². The molecule has 23 nitrogen and oxygen atoms in total. The molecule has 1 aromatic carbocycles. The molecule has 3 atom stereocenters. The summed E-state index contributed by atoms with van der Waals surface area (Å²) in [5, 5.41) is 12.0. The van der Waals surface area contributed by atoms with E-state index in [2.05, 4.69) is 59.7 Å². The minimum absolute atomic E-state index is 0.0887. The number of likely N-dealkylation sites (tertiary alicyclic amines) is 1. The van der Waals surface area contributed by atoms with E-state index in [0.717, 1.165) is 17.7 Å². The molecular weight excluding hydrogens is 1020 g/mol. The number of anilines is 1. The first-order valence-corrected chi connectivity index (χ1v) is 26.7. The Morgan fingerprint density at radius 1 is 0.949 bits per heavy atom. The number of unbranched alkanes of at least 4 members (excludes halogenated alkanes) is 2. The summed E-state index contributed by atoms with van der Waals surface area (Å²) in [6, 6.07) is 8.82. The highest BCUT2D eigenvalue weighted by Gasteiger charge is 2.55. The summed E-state index contributed by atoms with van der Waals surface area (Å²) in [5.41, 5.74) is 10.5. The van der Waals surface area contributed by atoms with Crippen LogP contribution in [-0.4, -0.2) is 142 Å². The Morgan fingerprint density at radius 2 is 1.72 bits per heavy atom. The van der Waals surface area contributed by atoms with E-state index >= 15 is 0 Å². The smallest absolute Gasteiger partial charge is 0.410 e. The van der Waals surface area contributed by atoms with Gasteiger partial charge in [-0.3, -0.25) is 43.6 Å². The van der Waals surface area contributed by atoms with Crippen LogP contribution in [0.1, 0.15) is 89.8 Å². The number of rotatable bonds is 25. The van der Waals surface area contributed by atoms with Gasteiger partial charge in [-0.2, -0.15) is 0 Å². The maximum Gasteiger partial charge on any atom is 0.410 e. The first-order chi connectivity index (χ1) is 37.9. The molecule has 1 saturated carbocycles. The van der Waals surface area contributed by atoms with Gasteiger partial charge in [0.2, 0.25) is 17.7 Å². The summed E-state index contributed by atoms with van der Waals surface area (Å²) in [7, 11) is 1.53. The number of fused-ring (bicyclic) bond motifs is 2. The number of carbonyl (C=O) groups is 7. The van der Waals surface area contributed by atoms with E-state index in [1.165, 1.54) is 25.5 Å². The zero-order valence-corrected chi connectivity index (χ0v) is 44.9. The summed E-state index contributed by atoms with van der Waals surface area (Å²) in [6.45, 7) is 8.61. The van der Waals surface area contributed by atoms with Crippen LogP contribution in [0, 0.1) is 23.5 Å². The minimum Gasteiger partial charge on any atom is -0.489 e. The van der Waals surface area contributed by atoms with Gasteiger partial charge in [0.1, 0.15) is 36.8 Å². The molecule has 8 amide bonds. The highest BCUT2D eigenvalue weighted by Crippen LogP contribution is 2.54. The van der Waals surface area contributed by atoms with E-state index in [-0.39, 0.29) is 85.9 Å². The summed E-state index contributed by atoms with van der Waals surface area (Å²) in [5.74, 6) is -1.20. The van der Waals surface area contributed by atoms with E-state index in [4.69, 9.17) is 24.7 Å². The molecule has 2 aliphatic carbocycles. The zero-order valence-electron chi connectivity index (χ0n) is 44.9. The number of hydrogen-bond acceptors (Lipinski definition) is 15. The fourth-order valence-electron chi connectivity index (χ4n) is 10.0. The Kier molecular flexibility index (Phi) is 18.2. The number of allylic oxidation sites excluding steroid dienone is 1. The predicted octanol–water partition coefficient (Wildman–Crippen LogP) is 1.45. The third-order valence-corrected chi connectivity index (χ3v) is 15.0. The third-order valence-electron chi connectivity index (χ3n) is 15.0. The molecule has 2 aromatic heterocycles. The highest BCUT2D eigenvalue weighted by molar-refractivity contribution is 6.12. The SMILES string of the molecule is COC1=C=C=c2ncc(=O)n(CCN3CCC(N(Cc4cc5c(cn4)OCCO5)C(=O)OCc4c#cc(NC(=O)C(CCCNC(N)=O)NC(=O)C(C)(NC(=O)CCCCCN5C(=O)C=CC5=O)C(C)C)cc4)C4(CC4)C3)c2=C1. The minimum atomic E-state index is -1.43. The summed E-state index contributed by atoms with van der Waals surface area (Å²) < 4.78 is 24.6. The molecule has 3 aromatic rings. The van der Waals surface area contributed by atoms with Crippen LogP contribution >= 0.6 is 0 Å². The molecule has 79 heavy (non-hydrogen) atoms. The average molecular weight is 1090 g/mol.